The summed E-state index contributed by atoms with van der Waals surface area (Å²) in [5.74, 6) is -0.721. The Morgan fingerprint density at radius 2 is 2.16 bits per heavy atom. The first-order chi connectivity index (χ1) is 8.90. The fraction of sp³-hybridized carbons (Fsp3) is 0.615. The van der Waals surface area contributed by atoms with Gasteiger partial charge >= 0.3 is 5.97 Å². The molecule has 1 rings (SSSR count). The smallest absolute Gasteiger partial charge is 0.303 e. The molecular weight excluding hydrogens is 248 g/mol. The summed E-state index contributed by atoms with van der Waals surface area (Å²) in [5, 5.41) is 15.1. The highest BCUT2D eigenvalue weighted by Crippen LogP contribution is 2.15. The van der Waals surface area contributed by atoms with E-state index in [9.17, 15) is 9.59 Å². The molecular formula is C13H20N2O4. The number of carboxylic acid groups (broad SMARTS) is 1. The summed E-state index contributed by atoms with van der Waals surface area (Å²) in [5.41, 5.74) is 0.663. The van der Waals surface area contributed by atoms with Crippen molar-refractivity contribution in [2.45, 2.75) is 33.6 Å². The average molecular weight is 268 g/mol. The summed E-state index contributed by atoms with van der Waals surface area (Å²) in [7, 11) is 0. The van der Waals surface area contributed by atoms with Gasteiger partial charge in [0.2, 0.25) is 5.76 Å². The monoisotopic (exact) mass is 268 g/mol. The van der Waals surface area contributed by atoms with Crippen LogP contribution in [0.15, 0.2) is 10.7 Å². The molecule has 0 spiro atoms. The highest BCUT2D eigenvalue weighted by atomic mass is 16.5. The predicted molar refractivity (Wildman–Crippen MR) is 68.8 cm³/mol. The lowest BCUT2D eigenvalue weighted by Crippen LogP contribution is -2.31. The molecule has 0 fully saturated rings. The van der Waals surface area contributed by atoms with E-state index in [1.165, 1.54) is 6.20 Å². The van der Waals surface area contributed by atoms with Crippen molar-refractivity contribution in [1.82, 2.24) is 10.5 Å². The first-order valence-electron chi connectivity index (χ1n) is 6.31. The first kappa shape index (κ1) is 15.2. The van der Waals surface area contributed by atoms with Crippen molar-refractivity contribution < 1.29 is 19.2 Å². The van der Waals surface area contributed by atoms with Crippen LogP contribution >= 0.6 is 0 Å². The van der Waals surface area contributed by atoms with Crippen LogP contribution in [0.5, 0.6) is 0 Å². The van der Waals surface area contributed by atoms with Crippen molar-refractivity contribution in [1.29, 1.82) is 0 Å². The molecule has 2 N–H and O–H groups in total. The minimum atomic E-state index is -0.851. The third kappa shape index (κ3) is 5.11. The molecule has 1 aromatic rings. The van der Waals surface area contributed by atoms with Crippen molar-refractivity contribution in [2.75, 3.05) is 6.54 Å². The lowest BCUT2D eigenvalue weighted by Gasteiger charge is -2.17. The molecule has 19 heavy (non-hydrogen) atoms. The van der Waals surface area contributed by atoms with Gasteiger partial charge in [-0.15, -0.1) is 0 Å². The van der Waals surface area contributed by atoms with Crippen LogP contribution in [0.1, 0.15) is 42.8 Å². The van der Waals surface area contributed by atoms with Crippen LogP contribution < -0.4 is 5.32 Å². The van der Waals surface area contributed by atoms with E-state index in [2.05, 4.69) is 10.5 Å². The van der Waals surface area contributed by atoms with Crippen LogP contribution in [0.25, 0.3) is 0 Å². The number of carbonyl (C=O) groups excluding carboxylic acids is 1. The van der Waals surface area contributed by atoms with Crippen LogP contribution in [0, 0.1) is 18.8 Å². The van der Waals surface area contributed by atoms with Gasteiger partial charge in [-0.1, -0.05) is 19.0 Å². The Bertz CT molecular complexity index is 440. The first-order valence-corrected chi connectivity index (χ1v) is 6.31. The Morgan fingerprint density at radius 3 is 2.63 bits per heavy atom. The zero-order chi connectivity index (χ0) is 14.4. The molecule has 1 unspecified atom stereocenters. The summed E-state index contributed by atoms with van der Waals surface area (Å²) in [6.07, 6.45) is 2.27. The number of amides is 1. The molecule has 1 atom stereocenters. The zero-order valence-corrected chi connectivity index (χ0v) is 11.5. The zero-order valence-electron chi connectivity index (χ0n) is 11.5. The molecule has 0 radical (unpaired) electrons. The van der Waals surface area contributed by atoms with Gasteiger partial charge in [-0.3, -0.25) is 9.59 Å². The Hall–Kier alpha value is -1.85. The number of aryl methyl sites for hydroxylation is 1. The van der Waals surface area contributed by atoms with Gasteiger partial charge in [-0.05, 0) is 25.2 Å². The number of nitrogens with one attached hydrogen (secondary N) is 1. The number of nitrogens with zero attached hydrogens (tertiary/aromatic N) is 1. The lowest BCUT2D eigenvalue weighted by atomic mass is 9.94. The molecule has 6 nitrogen and oxygen atoms in total. The summed E-state index contributed by atoms with van der Waals surface area (Å²) in [6, 6.07) is 0. The van der Waals surface area contributed by atoms with Gasteiger partial charge in [0.05, 0.1) is 6.20 Å². The molecule has 0 saturated heterocycles. The van der Waals surface area contributed by atoms with Crippen molar-refractivity contribution in [3.05, 3.63) is 17.5 Å². The lowest BCUT2D eigenvalue weighted by molar-refractivity contribution is -0.138. The van der Waals surface area contributed by atoms with Crippen molar-refractivity contribution in [3.8, 4) is 0 Å². The summed E-state index contributed by atoms with van der Waals surface area (Å²) in [6.45, 7) is 6.10. The largest absolute Gasteiger partial charge is 0.481 e. The molecule has 1 aromatic heterocycles. The van der Waals surface area contributed by atoms with Gasteiger partial charge in [-0.25, -0.2) is 0 Å². The summed E-state index contributed by atoms with van der Waals surface area (Å²) in [4.78, 5) is 22.6. The average Bonchev–Trinajstić information content (AvgIpc) is 2.70. The topological polar surface area (TPSA) is 92.4 Å². The molecule has 0 aromatic carbocycles. The Kier molecular flexibility index (Phi) is 5.54. The highest BCUT2D eigenvalue weighted by Gasteiger charge is 2.19. The predicted octanol–water partition coefficient (Wildman–Crippen LogP) is 1.85. The van der Waals surface area contributed by atoms with E-state index in [1.54, 1.807) is 6.92 Å². The second kappa shape index (κ2) is 6.92. The number of carboxylic acids is 1. The van der Waals surface area contributed by atoms with Gasteiger partial charge in [-0.2, -0.15) is 0 Å². The van der Waals surface area contributed by atoms with Gasteiger partial charge in [0.25, 0.3) is 5.91 Å². The van der Waals surface area contributed by atoms with Crippen molar-refractivity contribution >= 4 is 11.9 Å². The fourth-order valence-electron chi connectivity index (χ4n) is 1.98. The van der Waals surface area contributed by atoms with Crippen LogP contribution in [0.3, 0.4) is 0 Å². The van der Waals surface area contributed by atoms with E-state index in [0.717, 1.165) is 6.42 Å². The maximum Gasteiger partial charge on any atom is 0.303 e. The van der Waals surface area contributed by atoms with Crippen molar-refractivity contribution in [2.24, 2.45) is 11.8 Å². The van der Waals surface area contributed by atoms with E-state index in [-0.39, 0.29) is 24.0 Å². The third-order valence-electron chi connectivity index (χ3n) is 2.77. The molecule has 0 saturated carbocycles. The normalized spacial score (nSPS) is 12.4. The molecule has 106 valence electrons. The standard InChI is InChI=1S/C13H20N2O4/c1-8(2)4-10(5-11(16)17)7-14-13(18)12-9(3)6-15-19-12/h6,8,10H,4-5,7H2,1-3H3,(H,14,18)(H,16,17). The van der Waals surface area contributed by atoms with E-state index >= 15 is 0 Å². The van der Waals surface area contributed by atoms with Gasteiger partial charge in [0.1, 0.15) is 0 Å². The number of carbonyl (C=O) groups is 2. The third-order valence-corrected chi connectivity index (χ3v) is 2.77. The summed E-state index contributed by atoms with van der Waals surface area (Å²) < 4.78 is 4.84. The Morgan fingerprint density at radius 1 is 1.47 bits per heavy atom. The number of rotatable bonds is 7. The SMILES string of the molecule is Cc1cnoc1C(=O)NCC(CC(=O)O)CC(C)C. The minimum Gasteiger partial charge on any atom is -0.481 e. The van der Waals surface area contributed by atoms with Crippen LogP contribution in [0.2, 0.25) is 0 Å². The van der Waals surface area contributed by atoms with E-state index in [1.807, 2.05) is 13.8 Å². The minimum absolute atomic E-state index is 0.0495. The van der Waals surface area contributed by atoms with E-state index in [4.69, 9.17) is 9.63 Å². The second-order valence-electron chi connectivity index (χ2n) is 5.14. The number of hydrogen-bond donors (Lipinski definition) is 2. The van der Waals surface area contributed by atoms with Gasteiger partial charge in [0, 0.05) is 18.5 Å². The maximum absolute atomic E-state index is 11.8. The maximum atomic E-state index is 11.8. The molecule has 0 aliphatic carbocycles. The van der Waals surface area contributed by atoms with Crippen LogP contribution in [-0.2, 0) is 4.79 Å². The van der Waals surface area contributed by atoms with Crippen molar-refractivity contribution in [3.63, 3.8) is 0 Å². The van der Waals surface area contributed by atoms with Gasteiger partial charge in [0.15, 0.2) is 0 Å². The van der Waals surface area contributed by atoms with Gasteiger partial charge < -0.3 is 14.9 Å². The molecule has 0 aliphatic heterocycles. The second-order valence-corrected chi connectivity index (χ2v) is 5.14. The molecule has 1 heterocycles. The Labute approximate surface area is 112 Å². The molecule has 1 amide bonds. The van der Waals surface area contributed by atoms with Crippen LogP contribution in [-0.4, -0.2) is 28.7 Å². The molecule has 6 heteroatoms. The van der Waals surface area contributed by atoms with E-state index in [0.29, 0.717) is 18.0 Å². The quantitative estimate of drug-likeness (QED) is 0.787. The number of aromatic nitrogens is 1. The number of aliphatic carboxylic acids is 1. The Balaban J connectivity index is 2.53. The van der Waals surface area contributed by atoms with E-state index < -0.39 is 5.97 Å². The molecule has 0 aliphatic rings. The van der Waals surface area contributed by atoms with Crippen LogP contribution in [0.4, 0.5) is 0 Å². The number of hydrogen-bond acceptors (Lipinski definition) is 4. The molecule has 0 bridgehead atoms. The fourth-order valence-corrected chi connectivity index (χ4v) is 1.98. The highest BCUT2D eigenvalue weighted by molar-refractivity contribution is 5.92. The summed E-state index contributed by atoms with van der Waals surface area (Å²) >= 11 is 0.